The third-order valence-electron chi connectivity index (χ3n) is 3.70. The third-order valence-corrected chi connectivity index (χ3v) is 4.79. The maximum atomic E-state index is 12.8. The SMILES string of the molecule is C=C(C)CN(CC)C(=O)c1csc2nc(-c3ccc(Cl)cc3)cn12. The van der Waals surface area contributed by atoms with Crippen LogP contribution in [-0.2, 0) is 0 Å². The number of thiazole rings is 1. The fourth-order valence-electron chi connectivity index (χ4n) is 2.51. The Balaban J connectivity index is 1.96. The van der Waals surface area contributed by atoms with Gasteiger partial charge in [-0.3, -0.25) is 9.20 Å². The van der Waals surface area contributed by atoms with Crippen LogP contribution in [0.3, 0.4) is 0 Å². The summed E-state index contributed by atoms with van der Waals surface area (Å²) in [5.41, 5.74) is 3.40. The van der Waals surface area contributed by atoms with Crippen molar-refractivity contribution in [3.8, 4) is 11.3 Å². The first-order chi connectivity index (χ1) is 11.5. The zero-order chi connectivity index (χ0) is 17.3. The molecule has 1 amide bonds. The van der Waals surface area contributed by atoms with Crippen molar-refractivity contribution in [3.63, 3.8) is 0 Å². The minimum Gasteiger partial charge on any atom is -0.334 e. The van der Waals surface area contributed by atoms with Crippen molar-refractivity contribution in [3.05, 3.63) is 58.7 Å². The van der Waals surface area contributed by atoms with Crippen molar-refractivity contribution in [2.45, 2.75) is 13.8 Å². The second-order valence-electron chi connectivity index (χ2n) is 5.68. The standard InChI is InChI=1S/C18H18ClN3OS/c1-4-21(9-12(2)3)17(23)16-11-24-18-20-15(10-22(16)18)13-5-7-14(19)8-6-13/h5-8,10-11H,2,4,9H2,1,3H3. The Morgan fingerprint density at radius 2 is 2.08 bits per heavy atom. The van der Waals surface area contributed by atoms with Crippen LogP contribution in [0.4, 0.5) is 0 Å². The highest BCUT2D eigenvalue weighted by Crippen LogP contribution is 2.25. The summed E-state index contributed by atoms with van der Waals surface area (Å²) in [7, 11) is 0. The highest BCUT2D eigenvalue weighted by molar-refractivity contribution is 7.15. The molecule has 6 heteroatoms. The molecule has 0 bridgehead atoms. The summed E-state index contributed by atoms with van der Waals surface area (Å²) < 4.78 is 1.86. The Kier molecular flexibility index (Phi) is 4.73. The van der Waals surface area contributed by atoms with E-state index in [4.69, 9.17) is 11.6 Å². The van der Waals surface area contributed by atoms with Gasteiger partial charge in [-0.15, -0.1) is 11.3 Å². The maximum Gasteiger partial charge on any atom is 0.272 e. The van der Waals surface area contributed by atoms with Crippen LogP contribution in [-0.4, -0.2) is 33.3 Å². The largest absolute Gasteiger partial charge is 0.334 e. The van der Waals surface area contributed by atoms with Crippen LogP contribution in [0.25, 0.3) is 16.2 Å². The average molecular weight is 360 g/mol. The van der Waals surface area contributed by atoms with Crippen LogP contribution in [0, 0.1) is 0 Å². The van der Waals surface area contributed by atoms with E-state index in [0.717, 1.165) is 21.8 Å². The van der Waals surface area contributed by atoms with Gasteiger partial charge in [0.1, 0.15) is 5.69 Å². The Labute approximate surface area is 150 Å². The molecule has 0 atom stereocenters. The molecule has 4 nitrogen and oxygen atoms in total. The van der Waals surface area contributed by atoms with E-state index < -0.39 is 0 Å². The molecule has 0 fully saturated rings. The molecule has 3 aromatic rings. The highest BCUT2D eigenvalue weighted by atomic mass is 35.5. The van der Waals surface area contributed by atoms with Crippen LogP contribution < -0.4 is 0 Å². The van der Waals surface area contributed by atoms with Gasteiger partial charge in [-0.25, -0.2) is 4.98 Å². The van der Waals surface area contributed by atoms with E-state index in [1.165, 1.54) is 11.3 Å². The number of amides is 1. The normalized spacial score (nSPS) is 11.0. The summed E-state index contributed by atoms with van der Waals surface area (Å²) in [5, 5.41) is 2.55. The Hall–Kier alpha value is -2.11. The van der Waals surface area contributed by atoms with Crippen LogP contribution in [0.2, 0.25) is 5.02 Å². The maximum absolute atomic E-state index is 12.8. The molecule has 0 saturated carbocycles. The lowest BCUT2D eigenvalue weighted by atomic mass is 10.2. The molecule has 124 valence electrons. The van der Waals surface area contributed by atoms with Crippen LogP contribution >= 0.6 is 22.9 Å². The third kappa shape index (κ3) is 3.23. The lowest BCUT2D eigenvalue weighted by Gasteiger charge is -2.20. The molecule has 0 aliphatic rings. The molecule has 0 unspecified atom stereocenters. The molecule has 0 spiro atoms. The Morgan fingerprint density at radius 1 is 1.38 bits per heavy atom. The van der Waals surface area contributed by atoms with E-state index in [1.54, 1.807) is 4.90 Å². The summed E-state index contributed by atoms with van der Waals surface area (Å²) in [5.74, 6) is -0.00759. The lowest BCUT2D eigenvalue weighted by Crippen LogP contribution is -2.32. The van der Waals surface area contributed by atoms with Crippen molar-refractivity contribution >= 4 is 33.8 Å². The van der Waals surface area contributed by atoms with Gasteiger partial charge in [0.2, 0.25) is 0 Å². The summed E-state index contributed by atoms with van der Waals surface area (Å²) in [4.78, 5) is 20.0. The van der Waals surface area contributed by atoms with E-state index in [0.29, 0.717) is 23.8 Å². The quantitative estimate of drug-likeness (QED) is 0.616. The van der Waals surface area contributed by atoms with Crippen molar-refractivity contribution in [1.82, 2.24) is 14.3 Å². The fourth-order valence-corrected chi connectivity index (χ4v) is 3.49. The average Bonchev–Trinajstić information content (AvgIpc) is 3.12. The zero-order valence-corrected chi connectivity index (χ0v) is 15.2. The van der Waals surface area contributed by atoms with Crippen LogP contribution in [0.5, 0.6) is 0 Å². The molecule has 0 aliphatic carbocycles. The molecule has 3 rings (SSSR count). The molecule has 0 aliphatic heterocycles. The fraction of sp³-hybridized carbons (Fsp3) is 0.222. The van der Waals surface area contributed by atoms with Gasteiger partial charge in [0, 0.05) is 35.3 Å². The number of rotatable bonds is 5. The van der Waals surface area contributed by atoms with E-state index in [9.17, 15) is 4.79 Å². The molecule has 0 saturated heterocycles. The Bertz CT molecular complexity index is 895. The number of likely N-dealkylation sites (N-methyl/N-ethyl adjacent to an activating group) is 1. The molecule has 1 aromatic carbocycles. The number of carbonyl (C=O) groups excluding carboxylic acids is 1. The number of benzene rings is 1. The van der Waals surface area contributed by atoms with Crippen molar-refractivity contribution in [1.29, 1.82) is 0 Å². The highest BCUT2D eigenvalue weighted by Gasteiger charge is 2.20. The lowest BCUT2D eigenvalue weighted by molar-refractivity contribution is 0.0772. The summed E-state index contributed by atoms with van der Waals surface area (Å²) in [6.45, 7) is 9.00. The predicted octanol–water partition coefficient (Wildman–Crippen LogP) is 4.75. The van der Waals surface area contributed by atoms with E-state index >= 15 is 0 Å². The van der Waals surface area contributed by atoms with Crippen molar-refractivity contribution < 1.29 is 4.79 Å². The summed E-state index contributed by atoms with van der Waals surface area (Å²) >= 11 is 7.40. The van der Waals surface area contributed by atoms with E-state index in [-0.39, 0.29) is 5.91 Å². The first-order valence-electron chi connectivity index (χ1n) is 7.65. The number of halogens is 1. The Morgan fingerprint density at radius 3 is 2.71 bits per heavy atom. The number of imidazole rings is 1. The first-order valence-corrected chi connectivity index (χ1v) is 8.91. The predicted molar refractivity (Wildman–Crippen MR) is 99.9 cm³/mol. The monoisotopic (exact) mass is 359 g/mol. The molecule has 0 N–H and O–H groups in total. The topological polar surface area (TPSA) is 37.6 Å². The minimum absolute atomic E-state index is 0.00759. The molecule has 2 heterocycles. The van der Waals surface area contributed by atoms with Crippen LogP contribution in [0.15, 0.2) is 48.0 Å². The molecule has 24 heavy (non-hydrogen) atoms. The second kappa shape index (κ2) is 6.79. The number of hydrogen-bond acceptors (Lipinski definition) is 3. The molecular formula is C18H18ClN3OS. The molecular weight excluding hydrogens is 342 g/mol. The second-order valence-corrected chi connectivity index (χ2v) is 6.96. The van der Waals surface area contributed by atoms with Gasteiger partial charge >= 0.3 is 0 Å². The number of hydrogen-bond donors (Lipinski definition) is 0. The van der Waals surface area contributed by atoms with Crippen molar-refractivity contribution in [2.75, 3.05) is 13.1 Å². The number of fused-ring (bicyclic) bond motifs is 1. The summed E-state index contributed by atoms with van der Waals surface area (Å²) in [6, 6.07) is 7.52. The minimum atomic E-state index is -0.00759. The van der Waals surface area contributed by atoms with Gasteiger partial charge in [0.25, 0.3) is 5.91 Å². The van der Waals surface area contributed by atoms with Gasteiger partial charge in [-0.1, -0.05) is 35.9 Å². The van der Waals surface area contributed by atoms with Gasteiger partial charge in [0.05, 0.1) is 5.69 Å². The molecule has 2 aromatic heterocycles. The van der Waals surface area contributed by atoms with Gasteiger partial charge in [0.15, 0.2) is 4.96 Å². The number of aromatic nitrogens is 2. The smallest absolute Gasteiger partial charge is 0.272 e. The van der Waals surface area contributed by atoms with Crippen molar-refractivity contribution in [2.24, 2.45) is 0 Å². The van der Waals surface area contributed by atoms with E-state index in [1.807, 2.05) is 54.1 Å². The van der Waals surface area contributed by atoms with Crippen LogP contribution in [0.1, 0.15) is 24.3 Å². The first kappa shape index (κ1) is 16.7. The molecule has 0 radical (unpaired) electrons. The number of nitrogens with zero attached hydrogens (tertiary/aromatic N) is 3. The summed E-state index contributed by atoms with van der Waals surface area (Å²) in [6.07, 6.45) is 1.90. The van der Waals surface area contributed by atoms with E-state index in [2.05, 4.69) is 11.6 Å². The van der Waals surface area contributed by atoms with Gasteiger partial charge < -0.3 is 4.90 Å². The van der Waals surface area contributed by atoms with Gasteiger partial charge in [-0.05, 0) is 26.0 Å². The van der Waals surface area contributed by atoms with Gasteiger partial charge in [-0.2, -0.15) is 0 Å². The number of carbonyl (C=O) groups is 1. The zero-order valence-electron chi connectivity index (χ0n) is 13.6.